The summed E-state index contributed by atoms with van der Waals surface area (Å²) in [5.41, 5.74) is 0.485. The van der Waals surface area contributed by atoms with Crippen molar-refractivity contribution in [1.29, 1.82) is 0 Å². The summed E-state index contributed by atoms with van der Waals surface area (Å²) in [5.74, 6) is 0.670. The zero-order valence-corrected chi connectivity index (χ0v) is 12.5. The zero-order valence-electron chi connectivity index (χ0n) is 12.5. The van der Waals surface area contributed by atoms with Gasteiger partial charge in [-0.15, -0.1) is 0 Å². The Bertz CT molecular complexity index is 640. The Labute approximate surface area is 123 Å². The van der Waals surface area contributed by atoms with Gasteiger partial charge in [0, 0.05) is 18.9 Å². The molecule has 2 heterocycles. The van der Waals surface area contributed by atoms with Crippen LogP contribution in [0.25, 0.3) is 11.9 Å². The van der Waals surface area contributed by atoms with E-state index in [0.29, 0.717) is 18.7 Å². The number of hydrogen-bond donors (Lipinski definition) is 1. The fourth-order valence-corrected chi connectivity index (χ4v) is 1.75. The quantitative estimate of drug-likeness (QED) is 0.878. The second-order valence-electron chi connectivity index (χ2n) is 5.59. The zero-order chi connectivity index (χ0) is 15.3. The van der Waals surface area contributed by atoms with E-state index in [9.17, 15) is 4.79 Å². The highest BCUT2D eigenvalue weighted by Gasteiger charge is 2.15. The first-order chi connectivity index (χ1) is 9.96. The Hall–Kier alpha value is -2.37. The third-order valence-electron chi connectivity index (χ3n) is 2.58. The van der Waals surface area contributed by atoms with Gasteiger partial charge in [-0.25, -0.2) is 14.8 Å². The molecule has 0 atom stereocenters. The van der Waals surface area contributed by atoms with Gasteiger partial charge >= 0.3 is 6.09 Å². The SMILES string of the molecule is CC(C)(C)OC(=O)NCCC=Cc1cnc2ncccn12. The molecule has 0 spiro atoms. The molecule has 21 heavy (non-hydrogen) atoms. The van der Waals surface area contributed by atoms with Crippen LogP contribution >= 0.6 is 0 Å². The predicted octanol–water partition coefficient (Wildman–Crippen LogP) is 2.66. The Morgan fingerprint density at radius 2 is 2.24 bits per heavy atom. The molecule has 0 radical (unpaired) electrons. The van der Waals surface area contributed by atoms with Crippen LogP contribution in [0, 0.1) is 0 Å². The van der Waals surface area contributed by atoms with E-state index in [1.54, 1.807) is 12.4 Å². The van der Waals surface area contributed by atoms with E-state index in [2.05, 4.69) is 15.3 Å². The number of amides is 1. The van der Waals surface area contributed by atoms with Crippen molar-refractivity contribution in [2.75, 3.05) is 6.54 Å². The van der Waals surface area contributed by atoms with Crippen LogP contribution in [-0.4, -0.2) is 32.6 Å². The molecule has 0 aliphatic rings. The third kappa shape index (κ3) is 4.59. The average Bonchev–Trinajstić information content (AvgIpc) is 2.80. The molecule has 6 heteroatoms. The predicted molar refractivity (Wildman–Crippen MR) is 80.9 cm³/mol. The minimum atomic E-state index is -0.469. The van der Waals surface area contributed by atoms with E-state index in [0.717, 1.165) is 5.69 Å². The van der Waals surface area contributed by atoms with Gasteiger partial charge in [-0.2, -0.15) is 0 Å². The van der Waals surface area contributed by atoms with Crippen molar-refractivity contribution >= 4 is 17.9 Å². The van der Waals surface area contributed by atoms with Crippen molar-refractivity contribution < 1.29 is 9.53 Å². The van der Waals surface area contributed by atoms with Gasteiger partial charge in [0.1, 0.15) is 5.60 Å². The van der Waals surface area contributed by atoms with Gasteiger partial charge in [-0.3, -0.25) is 4.40 Å². The number of fused-ring (bicyclic) bond motifs is 1. The monoisotopic (exact) mass is 288 g/mol. The van der Waals surface area contributed by atoms with E-state index in [1.165, 1.54) is 0 Å². The summed E-state index contributed by atoms with van der Waals surface area (Å²) in [4.78, 5) is 19.8. The van der Waals surface area contributed by atoms with Crippen LogP contribution in [0.1, 0.15) is 32.9 Å². The lowest BCUT2D eigenvalue weighted by atomic mass is 10.2. The molecule has 2 aromatic rings. The van der Waals surface area contributed by atoms with Gasteiger partial charge in [0.25, 0.3) is 0 Å². The Morgan fingerprint density at radius 1 is 1.43 bits per heavy atom. The summed E-state index contributed by atoms with van der Waals surface area (Å²) in [5, 5.41) is 2.71. The Balaban J connectivity index is 1.80. The molecule has 112 valence electrons. The molecule has 0 bridgehead atoms. The number of carbonyl (C=O) groups excluding carboxylic acids is 1. The first kappa shape index (κ1) is 15.0. The van der Waals surface area contributed by atoms with Crippen molar-refractivity contribution in [2.45, 2.75) is 32.8 Å². The number of nitrogens with zero attached hydrogens (tertiary/aromatic N) is 3. The number of rotatable bonds is 4. The summed E-state index contributed by atoms with van der Waals surface area (Å²) in [6.45, 7) is 6.04. The van der Waals surface area contributed by atoms with E-state index >= 15 is 0 Å². The molecule has 6 nitrogen and oxygen atoms in total. The summed E-state index contributed by atoms with van der Waals surface area (Å²) in [6.07, 6.45) is 9.64. The molecule has 0 fully saturated rings. The van der Waals surface area contributed by atoms with Crippen molar-refractivity contribution in [3.63, 3.8) is 0 Å². The van der Waals surface area contributed by atoms with E-state index in [4.69, 9.17) is 4.74 Å². The maximum Gasteiger partial charge on any atom is 0.407 e. The molecule has 0 unspecified atom stereocenters. The highest BCUT2D eigenvalue weighted by molar-refractivity contribution is 5.67. The molecule has 1 N–H and O–H groups in total. The molecular formula is C15H20N4O2. The van der Waals surface area contributed by atoms with Crippen molar-refractivity contribution in [3.05, 3.63) is 36.4 Å². The largest absolute Gasteiger partial charge is 0.444 e. The molecule has 2 aromatic heterocycles. The first-order valence-electron chi connectivity index (χ1n) is 6.87. The molecule has 0 saturated heterocycles. The van der Waals surface area contributed by atoms with Crippen LogP contribution in [0.4, 0.5) is 4.79 Å². The van der Waals surface area contributed by atoms with Gasteiger partial charge in [0.15, 0.2) is 0 Å². The summed E-state index contributed by atoms with van der Waals surface area (Å²) in [6, 6.07) is 1.86. The lowest BCUT2D eigenvalue weighted by Gasteiger charge is -2.19. The Morgan fingerprint density at radius 3 is 3.00 bits per heavy atom. The Kier molecular flexibility index (Phi) is 4.57. The van der Waals surface area contributed by atoms with Crippen LogP contribution < -0.4 is 5.32 Å². The minimum absolute atomic E-state index is 0.394. The molecule has 0 aromatic carbocycles. The normalized spacial score (nSPS) is 12.0. The number of imidazole rings is 1. The third-order valence-corrected chi connectivity index (χ3v) is 2.58. The second kappa shape index (κ2) is 6.39. The van der Waals surface area contributed by atoms with Crippen LogP contribution in [0.3, 0.4) is 0 Å². The number of ether oxygens (including phenoxy) is 1. The molecule has 0 aliphatic heterocycles. The average molecular weight is 288 g/mol. The van der Waals surface area contributed by atoms with Crippen LogP contribution in [-0.2, 0) is 4.74 Å². The summed E-state index contributed by atoms with van der Waals surface area (Å²) >= 11 is 0. The summed E-state index contributed by atoms with van der Waals surface area (Å²) < 4.78 is 7.05. The highest BCUT2D eigenvalue weighted by atomic mass is 16.6. The van der Waals surface area contributed by atoms with Gasteiger partial charge in [0.2, 0.25) is 5.78 Å². The maximum atomic E-state index is 11.4. The first-order valence-corrected chi connectivity index (χ1v) is 6.87. The second-order valence-corrected chi connectivity index (χ2v) is 5.59. The maximum absolute atomic E-state index is 11.4. The van der Waals surface area contributed by atoms with Gasteiger partial charge < -0.3 is 10.1 Å². The number of alkyl carbamates (subject to hydrolysis) is 1. The minimum Gasteiger partial charge on any atom is -0.444 e. The van der Waals surface area contributed by atoms with E-state index in [-0.39, 0.29) is 0 Å². The molecular weight excluding hydrogens is 268 g/mol. The van der Waals surface area contributed by atoms with Crippen molar-refractivity contribution in [2.24, 2.45) is 0 Å². The summed E-state index contributed by atoms with van der Waals surface area (Å²) in [7, 11) is 0. The van der Waals surface area contributed by atoms with Gasteiger partial charge in [-0.1, -0.05) is 6.08 Å². The number of nitrogens with one attached hydrogen (secondary N) is 1. The van der Waals surface area contributed by atoms with Crippen LogP contribution in [0.2, 0.25) is 0 Å². The van der Waals surface area contributed by atoms with Crippen LogP contribution in [0.15, 0.2) is 30.7 Å². The van der Waals surface area contributed by atoms with E-state index < -0.39 is 11.7 Å². The van der Waals surface area contributed by atoms with E-state index in [1.807, 2.05) is 49.6 Å². The van der Waals surface area contributed by atoms with Crippen LogP contribution in [0.5, 0.6) is 0 Å². The number of hydrogen-bond acceptors (Lipinski definition) is 4. The number of aromatic nitrogens is 3. The van der Waals surface area contributed by atoms with Gasteiger partial charge in [-0.05, 0) is 39.3 Å². The molecule has 0 aliphatic carbocycles. The fraction of sp³-hybridized carbons (Fsp3) is 0.400. The lowest BCUT2D eigenvalue weighted by Crippen LogP contribution is -2.32. The molecule has 1 amide bonds. The molecule has 2 rings (SSSR count). The van der Waals surface area contributed by atoms with Crippen molar-refractivity contribution in [3.8, 4) is 0 Å². The standard InChI is InChI=1S/C15H20N4O2/c1-15(2,3)21-14(20)17-8-5-4-7-12-11-18-13-16-9-6-10-19(12)13/h4,6-7,9-11H,5,8H2,1-3H3,(H,17,20). The van der Waals surface area contributed by atoms with Crippen molar-refractivity contribution in [1.82, 2.24) is 19.7 Å². The topological polar surface area (TPSA) is 68.5 Å². The number of carbonyl (C=O) groups is 1. The van der Waals surface area contributed by atoms with Gasteiger partial charge in [0.05, 0.1) is 11.9 Å². The lowest BCUT2D eigenvalue weighted by molar-refractivity contribution is 0.0529. The molecule has 0 saturated carbocycles. The fourth-order valence-electron chi connectivity index (χ4n) is 1.75. The smallest absolute Gasteiger partial charge is 0.407 e. The highest BCUT2D eigenvalue weighted by Crippen LogP contribution is 2.07.